The van der Waals surface area contributed by atoms with Crippen LogP contribution in [0.5, 0.6) is 5.75 Å². The van der Waals surface area contributed by atoms with Gasteiger partial charge < -0.3 is 9.15 Å². The van der Waals surface area contributed by atoms with E-state index in [1.807, 2.05) is 13.8 Å². The molecule has 21 heavy (non-hydrogen) atoms. The number of hydrogen-bond acceptors (Lipinski definition) is 4. The number of aryl methyl sites for hydroxylation is 1. The zero-order valence-electron chi connectivity index (χ0n) is 12.7. The van der Waals surface area contributed by atoms with Crippen molar-refractivity contribution in [3.05, 3.63) is 39.7 Å². The van der Waals surface area contributed by atoms with Crippen molar-refractivity contribution in [3.8, 4) is 5.75 Å². The van der Waals surface area contributed by atoms with Crippen LogP contribution in [0.4, 0.5) is 0 Å². The predicted molar refractivity (Wildman–Crippen MR) is 82.0 cm³/mol. The van der Waals surface area contributed by atoms with Crippen LogP contribution in [-0.4, -0.2) is 12.9 Å². The normalized spacial score (nSPS) is 10.8. The summed E-state index contributed by atoms with van der Waals surface area (Å²) in [5.74, 6) is 1.15. The van der Waals surface area contributed by atoms with Gasteiger partial charge in [-0.05, 0) is 25.0 Å². The summed E-state index contributed by atoms with van der Waals surface area (Å²) in [5, 5.41) is 0.542. The molecule has 0 aliphatic rings. The van der Waals surface area contributed by atoms with Crippen LogP contribution in [0.15, 0.2) is 27.4 Å². The third-order valence-corrected chi connectivity index (χ3v) is 3.47. The van der Waals surface area contributed by atoms with Gasteiger partial charge >= 0.3 is 0 Å². The Hall–Kier alpha value is -2.10. The first-order valence-corrected chi connectivity index (χ1v) is 7.18. The molecule has 1 aromatic carbocycles. The fourth-order valence-corrected chi connectivity index (χ4v) is 2.37. The Morgan fingerprint density at radius 1 is 1.29 bits per heavy atom. The van der Waals surface area contributed by atoms with E-state index >= 15 is 0 Å². The number of fused-ring (bicyclic) bond motifs is 1. The molecule has 2 aromatic rings. The minimum atomic E-state index is -0.116. The molecule has 4 heteroatoms. The van der Waals surface area contributed by atoms with Gasteiger partial charge in [-0.25, -0.2) is 0 Å². The highest BCUT2D eigenvalue weighted by atomic mass is 16.5. The summed E-state index contributed by atoms with van der Waals surface area (Å²) in [6.45, 7) is 3.88. The van der Waals surface area contributed by atoms with Gasteiger partial charge in [-0.1, -0.05) is 13.3 Å². The van der Waals surface area contributed by atoms with Crippen molar-refractivity contribution in [1.82, 2.24) is 0 Å². The standard InChI is InChI=1S/C17H20O4/c1-4-5-6-12(18)8-14-9-15(19)17-11(2)7-13(20-3)10-16(17)21-14/h7,9-10H,4-6,8H2,1-3H3. The molecule has 0 saturated heterocycles. The highest BCUT2D eigenvalue weighted by Gasteiger charge is 2.12. The monoisotopic (exact) mass is 288 g/mol. The van der Waals surface area contributed by atoms with Crippen LogP contribution in [0.1, 0.15) is 37.5 Å². The predicted octanol–water partition coefficient (Wildman–Crippen LogP) is 3.41. The van der Waals surface area contributed by atoms with Crippen LogP contribution in [0.3, 0.4) is 0 Å². The van der Waals surface area contributed by atoms with Crippen molar-refractivity contribution in [2.24, 2.45) is 0 Å². The summed E-state index contributed by atoms with van der Waals surface area (Å²) < 4.78 is 10.9. The van der Waals surface area contributed by atoms with Crippen molar-refractivity contribution in [2.75, 3.05) is 7.11 Å². The summed E-state index contributed by atoms with van der Waals surface area (Å²) in [6.07, 6.45) is 2.53. The molecule has 2 rings (SSSR count). The second kappa shape index (κ2) is 6.57. The Bertz CT molecular complexity index is 713. The van der Waals surface area contributed by atoms with Crippen molar-refractivity contribution >= 4 is 16.8 Å². The largest absolute Gasteiger partial charge is 0.497 e. The Labute approximate surface area is 123 Å². The SMILES string of the molecule is CCCCC(=O)Cc1cc(=O)c2c(C)cc(OC)cc2o1. The zero-order valence-corrected chi connectivity index (χ0v) is 12.7. The van der Waals surface area contributed by atoms with E-state index in [4.69, 9.17) is 9.15 Å². The topological polar surface area (TPSA) is 56.5 Å². The lowest BCUT2D eigenvalue weighted by molar-refractivity contribution is -0.118. The van der Waals surface area contributed by atoms with Crippen LogP contribution >= 0.6 is 0 Å². The average molecular weight is 288 g/mol. The van der Waals surface area contributed by atoms with Crippen molar-refractivity contribution < 1.29 is 13.9 Å². The van der Waals surface area contributed by atoms with Gasteiger partial charge in [0.2, 0.25) is 0 Å². The van der Waals surface area contributed by atoms with Crippen LogP contribution in [0.25, 0.3) is 11.0 Å². The summed E-state index contributed by atoms with van der Waals surface area (Å²) >= 11 is 0. The number of carbonyl (C=O) groups is 1. The zero-order chi connectivity index (χ0) is 15.4. The molecule has 0 atom stereocenters. The van der Waals surface area contributed by atoms with Crippen molar-refractivity contribution in [1.29, 1.82) is 0 Å². The Morgan fingerprint density at radius 3 is 2.71 bits per heavy atom. The molecule has 0 bridgehead atoms. The molecule has 0 radical (unpaired) electrons. The van der Waals surface area contributed by atoms with Gasteiger partial charge in [-0.2, -0.15) is 0 Å². The molecule has 0 amide bonds. The number of carbonyl (C=O) groups excluding carboxylic acids is 1. The molecule has 0 aliphatic heterocycles. The lowest BCUT2D eigenvalue weighted by atomic mass is 10.1. The first-order valence-electron chi connectivity index (χ1n) is 7.18. The third kappa shape index (κ3) is 3.51. The second-order valence-electron chi connectivity index (χ2n) is 5.21. The summed E-state index contributed by atoms with van der Waals surface area (Å²) in [5.41, 5.74) is 1.16. The van der Waals surface area contributed by atoms with E-state index in [1.165, 1.54) is 6.07 Å². The third-order valence-electron chi connectivity index (χ3n) is 3.47. The van der Waals surface area contributed by atoms with E-state index < -0.39 is 0 Å². The fourth-order valence-electron chi connectivity index (χ4n) is 2.37. The highest BCUT2D eigenvalue weighted by Crippen LogP contribution is 2.23. The Morgan fingerprint density at radius 2 is 2.05 bits per heavy atom. The van der Waals surface area contributed by atoms with Gasteiger partial charge in [-0.3, -0.25) is 9.59 Å². The van der Waals surface area contributed by atoms with Gasteiger partial charge in [0.15, 0.2) is 5.43 Å². The van der Waals surface area contributed by atoms with E-state index in [1.54, 1.807) is 19.2 Å². The molecular formula is C17H20O4. The number of hydrogen-bond donors (Lipinski definition) is 0. The first-order chi connectivity index (χ1) is 10.0. The number of ketones is 1. The molecule has 0 N–H and O–H groups in total. The van der Waals surface area contributed by atoms with Crippen LogP contribution in [-0.2, 0) is 11.2 Å². The maximum absolute atomic E-state index is 12.2. The first kappa shape index (κ1) is 15.3. The second-order valence-corrected chi connectivity index (χ2v) is 5.21. The van der Waals surface area contributed by atoms with E-state index in [0.717, 1.165) is 18.4 Å². The van der Waals surface area contributed by atoms with E-state index in [2.05, 4.69) is 0 Å². The van der Waals surface area contributed by atoms with Gasteiger partial charge in [0.1, 0.15) is 22.9 Å². The molecule has 0 unspecified atom stereocenters. The Balaban J connectivity index is 2.39. The van der Waals surface area contributed by atoms with E-state index in [-0.39, 0.29) is 17.6 Å². The maximum atomic E-state index is 12.2. The summed E-state index contributed by atoms with van der Waals surface area (Å²) in [4.78, 5) is 24.0. The molecule has 0 saturated carbocycles. The summed E-state index contributed by atoms with van der Waals surface area (Å²) in [7, 11) is 1.57. The van der Waals surface area contributed by atoms with Crippen LogP contribution in [0, 0.1) is 6.92 Å². The number of ether oxygens (including phenoxy) is 1. The molecule has 0 aliphatic carbocycles. The van der Waals surface area contributed by atoms with Gasteiger partial charge in [-0.15, -0.1) is 0 Å². The quantitative estimate of drug-likeness (QED) is 0.817. The van der Waals surface area contributed by atoms with Gasteiger partial charge in [0.25, 0.3) is 0 Å². The molecule has 1 aromatic heterocycles. The van der Waals surface area contributed by atoms with Gasteiger partial charge in [0.05, 0.1) is 18.9 Å². The number of rotatable bonds is 6. The molecule has 4 nitrogen and oxygen atoms in total. The fraction of sp³-hybridized carbons (Fsp3) is 0.412. The number of benzene rings is 1. The van der Waals surface area contributed by atoms with Crippen molar-refractivity contribution in [3.63, 3.8) is 0 Å². The lowest BCUT2D eigenvalue weighted by Gasteiger charge is -2.07. The molecule has 112 valence electrons. The highest BCUT2D eigenvalue weighted by molar-refractivity contribution is 5.83. The minimum absolute atomic E-state index is 0.0963. The van der Waals surface area contributed by atoms with E-state index in [0.29, 0.717) is 28.9 Å². The van der Waals surface area contributed by atoms with Crippen LogP contribution in [0.2, 0.25) is 0 Å². The van der Waals surface area contributed by atoms with Crippen molar-refractivity contribution in [2.45, 2.75) is 39.5 Å². The van der Waals surface area contributed by atoms with Crippen LogP contribution < -0.4 is 10.2 Å². The minimum Gasteiger partial charge on any atom is -0.497 e. The Kier molecular flexibility index (Phi) is 4.78. The molecule has 1 heterocycles. The molecular weight excluding hydrogens is 268 g/mol. The number of methoxy groups -OCH3 is 1. The van der Waals surface area contributed by atoms with Gasteiger partial charge in [0, 0.05) is 18.6 Å². The average Bonchev–Trinajstić information content (AvgIpc) is 2.44. The summed E-state index contributed by atoms with van der Waals surface area (Å²) in [6, 6.07) is 4.90. The molecule has 0 spiro atoms. The lowest BCUT2D eigenvalue weighted by Crippen LogP contribution is -2.08. The molecule has 0 fully saturated rings. The van der Waals surface area contributed by atoms with E-state index in [9.17, 15) is 9.59 Å². The maximum Gasteiger partial charge on any atom is 0.193 e. The number of Topliss-reactive ketones (excluding diaryl/α,β-unsaturated/α-hetero) is 1. The smallest absolute Gasteiger partial charge is 0.193 e. The number of unbranched alkanes of at least 4 members (excludes halogenated alkanes) is 1.